The van der Waals surface area contributed by atoms with E-state index in [1.807, 2.05) is 38.1 Å². The molecule has 1 aliphatic heterocycles. The van der Waals surface area contributed by atoms with Gasteiger partial charge in [-0.05, 0) is 55.4 Å². The fourth-order valence-corrected chi connectivity index (χ4v) is 3.80. The Kier molecular flexibility index (Phi) is 5.35. The van der Waals surface area contributed by atoms with Gasteiger partial charge in [0, 0.05) is 26.2 Å². The van der Waals surface area contributed by atoms with Gasteiger partial charge in [-0.15, -0.1) is 0 Å². The molecule has 2 aromatic carbocycles. The number of anilines is 2. The molecule has 0 aromatic heterocycles. The standard InChI is InChI=1S/C19H22ClN3OS/c1-13-11-14(2)18(15(20)12-13)21-19(25)23-9-7-22(8-10-23)16-5-3-4-6-17(16)24/h3-6,11-12,24H,7-10H2,1-2H3,(H,21,25). The number of aryl methyl sites for hydroxylation is 2. The number of nitrogens with zero attached hydrogens (tertiary/aromatic N) is 2. The molecule has 2 N–H and O–H groups in total. The van der Waals surface area contributed by atoms with E-state index in [0.29, 0.717) is 15.9 Å². The Hall–Kier alpha value is -1.98. The van der Waals surface area contributed by atoms with E-state index in [0.717, 1.165) is 48.7 Å². The van der Waals surface area contributed by atoms with Crippen LogP contribution in [0.5, 0.6) is 5.75 Å². The average molecular weight is 376 g/mol. The van der Waals surface area contributed by atoms with Crippen molar-refractivity contribution in [2.45, 2.75) is 13.8 Å². The first-order chi connectivity index (χ1) is 12.0. The van der Waals surface area contributed by atoms with Crippen molar-refractivity contribution in [2.24, 2.45) is 0 Å². The number of benzene rings is 2. The second kappa shape index (κ2) is 7.50. The molecule has 0 unspecified atom stereocenters. The van der Waals surface area contributed by atoms with Gasteiger partial charge in [0.05, 0.1) is 16.4 Å². The minimum Gasteiger partial charge on any atom is -0.506 e. The molecule has 2 aromatic rings. The molecule has 0 radical (unpaired) electrons. The molecular formula is C19H22ClN3OS. The van der Waals surface area contributed by atoms with Crippen LogP contribution in [0.2, 0.25) is 5.02 Å². The largest absolute Gasteiger partial charge is 0.506 e. The van der Waals surface area contributed by atoms with Crippen molar-refractivity contribution >= 4 is 40.3 Å². The summed E-state index contributed by atoms with van der Waals surface area (Å²) in [6.45, 7) is 7.25. The zero-order chi connectivity index (χ0) is 18.0. The van der Waals surface area contributed by atoms with Crippen molar-refractivity contribution in [3.05, 3.63) is 52.5 Å². The molecule has 25 heavy (non-hydrogen) atoms. The number of phenols is 1. The van der Waals surface area contributed by atoms with Gasteiger partial charge in [0.25, 0.3) is 0 Å². The molecule has 0 spiro atoms. The lowest BCUT2D eigenvalue weighted by atomic mass is 10.1. The van der Waals surface area contributed by atoms with Crippen molar-refractivity contribution in [3.8, 4) is 5.75 Å². The third-order valence-electron chi connectivity index (χ3n) is 4.45. The monoisotopic (exact) mass is 375 g/mol. The molecule has 1 aliphatic rings. The minimum absolute atomic E-state index is 0.318. The maximum atomic E-state index is 10.0. The van der Waals surface area contributed by atoms with Crippen LogP contribution in [0.4, 0.5) is 11.4 Å². The zero-order valence-electron chi connectivity index (χ0n) is 14.4. The van der Waals surface area contributed by atoms with E-state index in [-0.39, 0.29) is 0 Å². The van der Waals surface area contributed by atoms with Crippen LogP contribution in [0.15, 0.2) is 36.4 Å². The van der Waals surface area contributed by atoms with E-state index in [4.69, 9.17) is 23.8 Å². The van der Waals surface area contributed by atoms with Crippen molar-refractivity contribution < 1.29 is 5.11 Å². The van der Waals surface area contributed by atoms with Gasteiger partial charge in [-0.1, -0.05) is 29.8 Å². The van der Waals surface area contributed by atoms with E-state index in [2.05, 4.69) is 21.2 Å². The highest BCUT2D eigenvalue weighted by atomic mass is 35.5. The van der Waals surface area contributed by atoms with Crippen LogP contribution >= 0.6 is 23.8 Å². The van der Waals surface area contributed by atoms with Gasteiger partial charge in [0.2, 0.25) is 0 Å². The van der Waals surface area contributed by atoms with Crippen molar-refractivity contribution in [1.29, 1.82) is 0 Å². The van der Waals surface area contributed by atoms with Crippen molar-refractivity contribution in [1.82, 2.24) is 4.90 Å². The third-order valence-corrected chi connectivity index (χ3v) is 5.11. The fourth-order valence-electron chi connectivity index (χ4n) is 3.14. The zero-order valence-corrected chi connectivity index (χ0v) is 16.0. The summed E-state index contributed by atoms with van der Waals surface area (Å²) in [5, 5.41) is 14.7. The molecule has 0 saturated carbocycles. The first kappa shape index (κ1) is 17.8. The molecule has 1 saturated heterocycles. The van der Waals surface area contributed by atoms with E-state index < -0.39 is 0 Å². The van der Waals surface area contributed by atoms with Crippen LogP contribution < -0.4 is 10.2 Å². The molecule has 0 aliphatic carbocycles. The van der Waals surface area contributed by atoms with Crippen LogP contribution in [-0.2, 0) is 0 Å². The SMILES string of the molecule is Cc1cc(C)c(NC(=S)N2CCN(c3ccccc3O)CC2)c(Cl)c1. The third kappa shape index (κ3) is 3.99. The van der Waals surface area contributed by atoms with E-state index >= 15 is 0 Å². The van der Waals surface area contributed by atoms with E-state index in [1.165, 1.54) is 0 Å². The Morgan fingerprint density at radius 1 is 1.12 bits per heavy atom. The summed E-state index contributed by atoms with van der Waals surface area (Å²) in [5.41, 5.74) is 3.97. The quantitative estimate of drug-likeness (QED) is 0.770. The Bertz CT molecular complexity index is 765. The second-order valence-corrected chi connectivity index (χ2v) is 7.13. The summed E-state index contributed by atoms with van der Waals surface area (Å²) >= 11 is 11.9. The van der Waals surface area contributed by atoms with E-state index in [9.17, 15) is 5.11 Å². The topological polar surface area (TPSA) is 38.7 Å². The normalized spacial score (nSPS) is 14.5. The highest BCUT2D eigenvalue weighted by Gasteiger charge is 2.21. The van der Waals surface area contributed by atoms with Crippen LogP contribution in [0.3, 0.4) is 0 Å². The van der Waals surface area contributed by atoms with Crippen molar-refractivity contribution in [3.63, 3.8) is 0 Å². The maximum absolute atomic E-state index is 10.0. The molecule has 3 rings (SSSR count). The predicted octanol–water partition coefficient (Wildman–Crippen LogP) is 4.18. The highest BCUT2D eigenvalue weighted by molar-refractivity contribution is 7.80. The Balaban J connectivity index is 1.64. The number of thiocarbonyl (C=S) groups is 1. The van der Waals surface area contributed by atoms with Gasteiger partial charge in [0.1, 0.15) is 5.75 Å². The minimum atomic E-state index is 0.318. The Morgan fingerprint density at radius 2 is 1.80 bits per heavy atom. The number of rotatable bonds is 2. The van der Waals surface area contributed by atoms with Crippen LogP contribution in [0.25, 0.3) is 0 Å². The molecule has 0 amide bonds. The lowest BCUT2D eigenvalue weighted by Gasteiger charge is -2.37. The van der Waals surface area contributed by atoms with Gasteiger partial charge >= 0.3 is 0 Å². The summed E-state index contributed by atoms with van der Waals surface area (Å²) in [7, 11) is 0. The highest BCUT2D eigenvalue weighted by Crippen LogP contribution is 2.29. The molecule has 1 heterocycles. The van der Waals surface area contributed by atoms with Crippen LogP contribution in [0, 0.1) is 13.8 Å². The summed E-state index contributed by atoms with van der Waals surface area (Å²) in [5.74, 6) is 0.318. The second-order valence-electron chi connectivity index (χ2n) is 6.33. The first-order valence-electron chi connectivity index (χ1n) is 8.31. The molecule has 0 bridgehead atoms. The lowest BCUT2D eigenvalue weighted by Crippen LogP contribution is -2.50. The van der Waals surface area contributed by atoms with Gasteiger partial charge in [-0.25, -0.2) is 0 Å². The number of piperazine rings is 1. The fraction of sp³-hybridized carbons (Fsp3) is 0.316. The van der Waals surface area contributed by atoms with Gasteiger partial charge < -0.3 is 20.2 Å². The number of nitrogens with one attached hydrogen (secondary N) is 1. The molecule has 132 valence electrons. The van der Waals surface area contributed by atoms with Gasteiger partial charge in [-0.3, -0.25) is 0 Å². The van der Waals surface area contributed by atoms with Crippen molar-refractivity contribution in [2.75, 3.05) is 36.4 Å². The average Bonchev–Trinajstić information content (AvgIpc) is 2.58. The number of halogens is 1. The molecule has 1 fully saturated rings. The Morgan fingerprint density at radius 3 is 2.44 bits per heavy atom. The number of hydrogen-bond donors (Lipinski definition) is 2. The predicted molar refractivity (Wildman–Crippen MR) is 109 cm³/mol. The van der Waals surface area contributed by atoms with Crippen LogP contribution in [0.1, 0.15) is 11.1 Å². The van der Waals surface area contributed by atoms with E-state index in [1.54, 1.807) is 6.07 Å². The van der Waals surface area contributed by atoms with Crippen LogP contribution in [-0.4, -0.2) is 41.3 Å². The molecular weight excluding hydrogens is 354 g/mol. The molecule has 6 heteroatoms. The van der Waals surface area contributed by atoms with Gasteiger partial charge in [0.15, 0.2) is 5.11 Å². The number of phenolic OH excluding ortho intramolecular Hbond substituents is 1. The first-order valence-corrected chi connectivity index (χ1v) is 9.10. The molecule has 4 nitrogen and oxygen atoms in total. The number of hydrogen-bond acceptors (Lipinski definition) is 3. The van der Waals surface area contributed by atoms with Gasteiger partial charge in [-0.2, -0.15) is 0 Å². The number of para-hydroxylation sites is 2. The Labute approximate surface area is 159 Å². The summed E-state index contributed by atoms with van der Waals surface area (Å²) in [4.78, 5) is 4.32. The lowest BCUT2D eigenvalue weighted by molar-refractivity contribution is 0.387. The number of aromatic hydroxyl groups is 1. The maximum Gasteiger partial charge on any atom is 0.173 e. The summed E-state index contributed by atoms with van der Waals surface area (Å²) in [6.07, 6.45) is 0. The summed E-state index contributed by atoms with van der Waals surface area (Å²) < 4.78 is 0. The summed E-state index contributed by atoms with van der Waals surface area (Å²) in [6, 6.07) is 11.5. The molecule has 0 atom stereocenters. The smallest absolute Gasteiger partial charge is 0.173 e.